The van der Waals surface area contributed by atoms with E-state index in [9.17, 15) is 14.6 Å². The van der Waals surface area contributed by atoms with Crippen molar-refractivity contribution in [2.24, 2.45) is 28.6 Å². The van der Waals surface area contributed by atoms with Crippen molar-refractivity contribution in [3.63, 3.8) is 0 Å². The number of rotatable bonds is 0. The van der Waals surface area contributed by atoms with Gasteiger partial charge in [-0.25, -0.2) is 8.78 Å². The van der Waals surface area contributed by atoms with Crippen molar-refractivity contribution in [2.45, 2.75) is 64.2 Å². The van der Waals surface area contributed by atoms with Gasteiger partial charge >= 0.3 is 0 Å². The first-order chi connectivity index (χ1) is 10.7. The van der Waals surface area contributed by atoms with Gasteiger partial charge in [-0.3, -0.25) is 0 Å². The Hall–Kier alpha value is -1.06. The maximum absolute atomic E-state index is 16.4. The smallest absolute Gasteiger partial charge is 0.153 e. The monoisotopic (exact) mass is 324 g/mol. The first-order valence-electron chi connectivity index (χ1n) is 8.86. The molecule has 0 aliphatic heterocycles. The molecule has 0 bridgehead atoms. The van der Waals surface area contributed by atoms with Gasteiger partial charge in [-0.2, -0.15) is 0 Å². The molecule has 0 saturated heterocycles. The maximum atomic E-state index is 16.4. The lowest BCUT2D eigenvalue weighted by Crippen LogP contribution is -2.62. The zero-order valence-electron chi connectivity index (χ0n) is 13.9. The minimum absolute atomic E-state index is 0.0369. The fraction of sp³-hybridized carbons (Fsp3) is 0.789. The Balaban J connectivity index is 1.80. The van der Waals surface area contributed by atoms with Crippen LogP contribution in [0.25, 0.3) is 0 Å². The van der Waals surface area contributed by atoms with Gasteiger partial charge in [-0.1, -0.05) is 13.0 Å². The van der Waals surface area contributed by atoms with Gasteiger partial charge in [-0.05, 0) is 74.7 Å². The molecule has 0 spiro atoms. The van der Waals surface area contributed by atoms with E-state index in [1.54, 1.807) is 6.92 Å². The molecule has 0 radical (unpaired) electrons. The van der Waals surface area contributed by atoms with Crippen molar-refractivity contribution in [1.29, 1.82) is 0 Å². The first kappa shape index (κ1) is 15.5. The third-order valence-electron chi connectivity index (χ3n) is 7.84. The summed E-state index contributed by atoms with van der Waals surface area (Å²) in [4.78, 5) is 0. The van der Waals surface area contributed by atoms with Gasteiger partial charge in [-0.15, -0.1) is 0 Å². The summed E-state index contributed by atoms with van der Waals surface area (Å²) in [5, 5.41) is 20.5. The predicted octanol–water partition coefficient (Wildman–Crippen LogP) is 5.17. The number of hydrogen-bond acceptors (Lipinski definition) is 2. The molecule has 1 unspecified atom stereocenters. The van der Waals surface area contributed by atoms with E-state index >= 15 is 4.39 Å². The Morgan fingerprint density at radius 1 is 1.13 bits per heavy atom. The van der Waals surface area contributed by atoms with E-state index < -0.39 is 17.3 Å². The lowest BCUT2D eigenvalue weighted by molar-refractivity contribution is -0.168. The average Bonchev–Trinajstić information content (AvgIpc) is 2.80. The van der Waals surface area contributed by atoms with Crippen molar-refractivity contribution in [3.8, 4) is 0 Å². The van der Waals surface area contributed by atoms with Crippen LogP contribution in [0.2, 0.25) is 0 Å². The summed E-state index contributed by atoms with van der Waals surface area (Å²) in [7, 11) is 0. The molecule has 4 aliphatic carbocycles. The standard InChI is InChI=1S/C19H26F2O2/c1-17-7-8-19(21)13(14(17)9-12(20)10-17)5-3-11-4-6-15(22)16(23)18(11,19)2/h4,6,11-14,22-23H,3,5,7-10H2,1-2H3/t11?,12-,13+,14+,17-,18-,19-/m1/s1. The summed E-state index contributed by atoms with van der Waals surface area (Å²) in [5.74, 6) is -0.730. The van der Waals surface area contributed by atoms with Gasteiger partial charge in [0.25, 0.3) is 0 Å². The second-order valence-corrected chi connectivity index (χ2v) is 8.75. The molecule has 128 valence electrons. The summed E-state index contributed by atoms with van der Waals surface area (Å²) in [6.07, 6.45) is 6.00. The van der Waals surface area contributed by atoms with Crippen LogP contribution >= 0.6 is 0 Å². The molecule has 0 amide bonds. The van der Waals surface area contributed by atoms with Crippen molar-refractivity contribution in [2.75, 3.05) is 0 Å². The summed E-state index contributed by atoms with van der Waals surface area (Å²) in [6.45, 7) is 3.86. The Labute approximate surface area is 136 Å². The number of hydrogen-bond donors (Lipinski definition) is 2. The molecule has 3 saturated carbocycles. The minimum atomic E-state index is -1.58. The molecule has 4 rings (SSSR count). The van der Waals surface area contributed by atoms with Crippen molar-refractivity contribution >= 4 is 0 Å². The van der Waals surface area contributed by atoms with E-state index in [-0.39, 0.29) is 34.7 Å². The fourth-order valence-corrected chi connectivity index (χ4v) is 6.45. The average molecular weight is 324 g/mol. The molecule has 4 heteroatoms. The third kappa shape index (κ3) is 1.73. The van der Waals surface area contributed by atoms with Crippen LogP contribution in [0.4, 0.5) is 8.78 Å². The Morgan fingerprint density at radius 2 is 1.87 bits per heavy atom. The summed E-state index contributed by atoms with van der Waals surface area (Å²) in [5.41, 5.74) is -2.79. The van der Waals surface area contributed by atoms with Crippen molar-refractivity contribution in [1.82, 2.24) is 0 Å². The van der Waals surface area contributed by atoms with Crippen LogP contribution in [-0.4, -0.2) is 22.1 Å². The van der Waals surface area contributed by atoms with Crippen LogP contribution < -0.4 is 0 Å². The van der Waals surface area contributed by atoms with Gasteiger partial charge in [0.05, 0.1) is 5.41 Å². The fourth-order valence-electron chi connectivity index (χ4n) is 6.45. The molecule has 2 nitrogen and oxygen atoms in total. The van der Waals surface area contributed by atoms with E-state index in [1.165, 1.54) is 6.08 Å². The number of halogens is 2. The van der Waals surface area contributed by atoms with Crippen LogP contribution in [0.5, 0.6) is 0 Å². The van der Waals surface area contributed by atoms with Gasteiger partial charge in [0.1, 0.15) is 17.6 Å². The van der Waals surface area contributed by atoms with E-state index in [1.807, 2.05) is 6.08 Å². The Morgan fingerprint density at radius 3 is 2.61 bits per heavy atom. The molecule has 0 aromatic heterocycles. The van der Waals surface area contributed by atoms with Crippen LogP contribution in [0, 0.1) is 28.6 Å². The third-order valence-corrected chi connectivity index (χ3v) is 7.84. The molecule has 0 heterocycles. The SMILES string of the molecule is C[C@]12CC[C@@]3(F)[C@@H](CCC4C=CC(O)=C(O)[C@@]43C)[C@@H]1C[C@@H](F)C2. The van der Waals surface area contributed by atoms with Crippen LogP contribution in [0.15, 0.2) is 23.7 Å². The number of aliphatic hydroxyl groups excluding tert-OH is 2. The lowest BCUT2D eigenvalue weighted by Gasteiger charge is -2.61. The summed E-state index contributed by atoms with van der Waals surface area (Å²) in [6, 6.07) is 0. The largest absolute Gasteiger partial charge is 0.508 e. The molecule has 3 fully saturated rings. The highest BCUT2D eigenvalue weighted by Crippen LogP contribution is 2.69. The predicted molar refractivity (Wildman–Crippen MR) is 84.5 cm³/mol. The minimum Gasteiger partial charge on any atom is -0.508 e. The molecular formula is C19H26F2O2. The number of aliphatic hydroxyl groups is 2. The van der Waals surface area contributed by atoms with Gasteiger partial charge < -0.3 is 10.2 Å². The molecule has 0 aromatic rings. The summed E-state index contributed by atoms with van der Waals surface area (Å²) < 4.78 is 30.5. The van der Waals surface area contributed by atoms with Gasteiger partial charge in [0.2, 0.25) is 0 Å². The Kier molecular flexibility index (Phi) is 3.04. The van der Waals surface area contributed by atoms with E-state index in [0.717, 1.165) is 12.8 Å². The Bertz CT molecular complexity index is 600. The first-order valence-corrected chi connectivity index (χ1v) is 8.86. The van der Waals surface area contributed by atoms with Crippen LogP contribution in [-0.2, 0) is 0 Å². The molecule has 7 atom stereocenters. The lowest BCUT2D eigenvalue weighted by atomic mass is 9.45. The van der Waals surface area contributed by atoms with Crippen molar-refractivity contribution < 1.29 is 19.0 Å². The maximum Gasteiger partial charge on any atom is 0.153 e. The second kappa shape index (κ2) is 4.52. The van der Waals surface area contributed by atoms with E-state index in [4.69, 9.17) is 0 Å². The molecule has 4 aliphatic rings. The van der Waals surface area contributed by atoms with Crippen LogP contribution in [0.1, 0.15) is 52.4 Å². The highest BCUT2D eigenvalue weighted by Gasteiger charge is 2.69. The number of fused-ring (bicyclic) bond motifs is 5. The molecular weight excluding hydrogens is 298 g/mol. The zero-order valence-corrected chi connectivity index (χ0v) is 13.9. The normalized spacial score (nSPS) is 55.3. The molecule has 23 heavy (non-hydrogen) atoms. The topological polar surface area (TPSA) is 40.5 Å². The highest BCUT2D eigenvalue weighted by atomic mass is 19.1. The highest BCUT2D eigenvalue weighted by molar-refractivity contribution is 5.34. The van der Waals surface area contributed by atoms with E-state index in [2.05, 4.69) is 6.92 Å². The second-order valence-electron chi connectivity index (χ2n) is 8.75. The summed E-state index contributed by atoms with van der Waals surface area (Å²) >= 11 is 0. The molecule has 2 N–H and O–H groups in total. The van der Waals surface area contributed by atoms with E-state index in [0.29, 0.717) is 25.7 Å². The number of allylic oxidation sites excluding steroid dienone is 3. The molecule has 0 aromatic carbocycles. The number of alkyl halides is 2. The van der Waals surface area contributed by atoms with Crippen molar-refractivity contribution in [3.05, 3.63) is 23.7 Å². The van der Waals surface area contributed by atoms with Gasteiger partial charge in [0.15, 0.2) is 5.76 Å². The van der Waals surface area contributed by atoms with Crippen LogP contribution in [0.3, 0.4) is 0 Å². The quantitative estimate of drug-likeness (QED) is 0.645. The zero-order chi connectivity index (χ0) is 16.6. The van der Waals surface area contributed by atoms with Gasteiger partial charge in [0, 0.05) is 0 Å².